The molecule has 1 atom stereocenters. The van der Waals surface area contributed by atoms with Gasteiger partial charge in [0, 0.05) is 12.6 Å². The van der Waals surface area contributed by atoms with E-state index in [0.29, 0.717) is 18.2 Å². The van der Waals surface area contributed by atoms with Gasteiger partial charge < -0.3 is 9.80 Å². The molecule has 112 valence electrons. The van der Waals surface area contributed by atoms with Crippen LogP contribution < -0.4 is 4.90 Å². The van der Waals surface area contributed by atoms with Gasteiger partial charge in [0.15, 0.2) is 0 Å². The molecule has 1 unspecified atom stereocenters. The number of rotatable bonds is 3. The van der Waals surface area contributed by atoms with Crippen molar-refractivity contribution in [2.24, 2.45) is 0 Å². The molecule has 1 amide bonds. The van der Waals surface area contributed by atoms with Crippen LogP contribution in [-0.4, -0.2) is 42.8 Å². The van der Waals surface area contributed by atoms with Gasteiger partial charge in [-0.25, -0.2) is 0 Å². The molecule has 21 heavy (non-hydrogen) atoms. The number of fused-ring (bicyclic) bond motifs is 1. The number of anilines is 1. The fourth-order valence-electron chi connectivity index (χ4n) is 3.42. The number of ketones is 1. The van der Waals surface area contributed by atoms with E-state index in [0.717, 1.165) is 24.2 Å². The van der Waals surface area contributed by atoms with Gasteiger partial charge in [-0.05, 0) is 51.9 Å². The number of Topliss-reactive ketones (excluding diaryl/α,β-unsaturated/α-hetero) is 1. The summed E-state index contributed by atoms with van der Waals surface area (Å²) in [5, 5.41) is 0. The van der Waals surface area contributed by atoms with E-state index in [1.165, 1.54) is 19.3 Å². The summed E-state index contributed by atoms with van der Waals surface area (Å²) in [5.74, 6) is -0.722. The number of carbonyl (C=O) groups excluding carboxylic acids is 2. The number of aryl methyl sites for hydroxylation is 1. The molecule has 4 nitrogen and oxygen atoms in total. The number of likely N-dealkylation sites (tertiary alicyclic amines) is 1. The number of piperidine rings is 1. The molecule has 0 saturated carbocycles. The third-order valence-corrected chi connectivity index (χ3v) is 4.73. The quantitative estimate of drug-likeness (QED) is 0.801. The van der Waals surface area contributed by atoms with E-state index in [-0.39, 0.29) is 11.7 Å². The van der Waals surface area contributed by atoms with Gasteiger partial charge in [-0.2, -0.15) is 0 Å². The number of amides is 1. The van der Waals surface area contributed by atoms with Crippen molar-refractivity contribution in [3.05, 3.63) is 29.3 Å². The summed E-state index contributed by atoms with van der Waals surface area (Å²) in [5.41, 5.74) is 2.37. The number of benzene rings is 1. The van der Waals surface area contributed by atoms with Gasteiger partial charge in [-0.1, -0.05) is 18.1 Å². The van der Waals surface area contributed by atoms with Crippen LogP contribution in [0.25, 0.3) is 0 Å². The van der Waals surface area contributed by atoms with Crippen molar-refractivity contribution in [1.29, 1.82) is 0 Å². The first-order valence-electron chi connectivity index (χ1n) is 7.75. The highest BCUT2D eigenvalue weighted by Crippen LogP contribution is 2.30. The average molecular weight is 286 g/mol. The largest absolute Gasteiger partial charge is 0.305 e. The maximum atomic E-state index is 12.2. The van der Waals surface area contributed by atoms with E-state index in [2.05, 4.69) is 11.9 Å². The number of hydrogen-bond acceptors (Lipinski definition) is 3. The van der Waals surface area contributed by atoms with Crippen LogP contribution in [0.15, 0.2) is 18.2 Å². The highest BCUT2D eigenvalue weighted by atomic mass is 16.2. The third-order valence-electron chi connectivity index (χ3n) is 4.73. The zero-order valence-corrected chi connectivity index (χ0v) is 12.8. The second-order valence-corrected chi connectivity index (χ2v) is 6.23. The van der Waals surface area contributed by atoms with Crippen LogP contribution in [0.2, 0.25) is 0 Å². The second kappa shape index (κ2) is 5.60. The van der Waals surface area contributed by atoms with Crippen LogP contribution in [0.5, 0.6) is 0 Å². The van der Waals surface area contributed by atoms with Gasteiger partial charge in [-0.15, -0.1) is 0 Å². The minimum absolute atomic E-state index is 0.356. The van der Waals surface area contributed by atoms with Crippen molar-refractivity contribution in [2.75, 3.05) is 25.0 Å². The van der Waals surface area contributed by atoms with Gasteiger partial charge in [0.2, 0.25) is 0 Å². The molecule has 0 radical (unpaired) electrons. The Bertz CT molecular complexity index is 582. The Morgan fingerprint density at radius 3 is 2.81 bits per heavy atom. The van der Waals surface area contributed by atoms with Crippen LogP contribution in [0.4, 0.5) is 5.69 Å². The first-order chi connectivity index (χ1) is 10.1. The zero-order valence-electron chi connectivity index (χ0n) is 12.8. The predicted molar refractivity (Wildman–Crippen MR) is 82.7 cm³/mol. The predicted octanol–water partition coefficient (Wildman–Crippen LogP) is 2.40. The molecule has 0 aliphatic carbocycles. The lowest BCUT2D eigenvalue weighted by atomic mass is 10.00. The molecule has 2 aliphatic rings. The second-order valence-electron chi connectivity index (χ2n) is 6.23. The van der Waals surface area contributed by atoms with Crippen molar-refractivity contribution >= 4 is 17.4 Å². The Labute approximate surface area is 125 Å². The molecule has 0 aromatic heterocycles. The minimum atomic E-state index is -0.367. The number of hydrogen-bond donors (Lipinski definition) is 0. The van der Waals surface area contributed by atoms with E-state index in [1.807, 2.05) is 25.1 Å². The minimum Gasteiger partial charge on any atom is -0.305 e. The Hall–Kier alpha value is -1.68. The lowest BCUT2D eigenvalue weighted by molar-refractivity contribution is -0.114. The van der Waals surface area contributed by atoms with E-state index < -0.39 is 0 Å². The molecular formula is C17H22N2O2. The fourth-order valence-corrected chi connectivity index (χ4v) is 3.42. The van der Waals surface area contributed by atoms with Crippen LogP contribution in [0, 0.1) is 6.92 Å². The summed E-state index contributed by atoms with van der Waals surface area (Å²) in [4.78, 5) is 28.3. The van der Waals surface area contributed by atoms with Gasteiger partial charge >= 0.3 is 0 Å². The maximum absolute atomic E-state index is 12.2. The Morgan fingerprint density at radius 2 is 2.05 bits per heavy atom. The topological polar surface area (TPSA) is 40.6 Å². The third kappa shape index (κ3) is 2.60. The van der Waals surface area contributed by atoms with E-state index in [9.17, 15) is 9.59 Å². The van der Waals surface area contributed by atoms with Crippen molar-refractivity contribution in [3.8, 4) is 0 Å². The maximum Gasteiger partial charge on any atom is 0.299 e. The molecule has 1 saturated heterocycles. The standard InChI is InChI=1S/C17H22N2O2/c1-12-6-7-15-14(11-12)16(20)17(21)19(15)10-8-13-5-3-4-9-18(13)2/h6-7,11,13H,3-5,8-10H2,1-2H3. The van der Waals surface area contributed by atoms with E-state index >= 15 is 0 Å². The smallest absolute Gasteiger partial charge is 0.299 e. The number of carbonyl (C=O) groups is 2. The van der Waals surface area contributed by atoms with Crippen LogP contribution >= 0.6 is 0 Å². The fraction of sp³-hybridized carbons (Fsp3) is 0.529. The lowest BCUT2D eigenvalue weighted by Gasteiger charge is -2.33. The summed E-state index contributed by atoms with van der Waals surface area (Å²) in [6.07, 6.45) is 4.64. The summed E-state index contributed by atoms with van der Waals surface area (Å²) in [7, 11) is 2.15. The molecular weight excluding hydrogens is 264 g/mol. The summed E-state index contributed by atoms with van der Waals surface area (Å²) in [6.45, 7) is 3.71. The van der Waals surface area contributed by atoms with Crippen LogP contribution in [-0.2, 0) is 4.79 Å². The van der Waals surface area contributed by atoms with E-state index in [4.69, 9.17) is 0 Å². The van der Waals surface area contributed by atoms with Crippen molar-refractivity contribution in [1.82, 2.24) is 4.90 Å². The highest BCUT2D eigenvalue weighted by Gasteiger charge is 2.36. The first-order valence-corrected chi connectivity index (χ1v) is 7.75. The summed E-state index contributed by atoms with van der Waals surface area (Å²) < 4.78 is 0. The molecule has 3 rings (SSSR count). The van der Waals surface area contributed by atoms with Gasteiger partial charge in [0.25, 0.3) is 11.7 Å². The molecule has 1 aromatic rings. The molecule has 0 bridgehead atoms. The molecule has 1 fully saturated rings. The van der Waals surface area contributed by atoms with E-state index in [1.54, 1.807) is 4.90 Å². The highest BCUT2D eigenvalue weighted by molar-refractivity contribution is 6.52. The Balaban J connectivity index is 1.74. The molecule has 2 heterocycles. The molecule has 0 spiro atoms. The van der Waals surface area contributed by atoms with Gasteiger partial charge in [0.05, 0.1) is 11.3 Å². The van der Waals surface area contributed by atoms with Crippen LogP contribution in [0.1, 0.15) is 41.6 Å². The van der Waals surface area contributed by atoms with Crippen molar-refractivity contribution in [2.45, 2.75) is 38.6 Å². The van der Waals surface area contributed by atoms with Crippen molar-refractivity contribution in [3.63, 3.8) is 0 Å². The van der Waals surface area contributed by atoms with Gasteiger partial charge in [0.1, 0.15) is 0 Å². The Morgan fingerprint density at radius 1 is 1.24 bits per heavy atom. The summed E-state index contributed by atoms with van der Waals surface area (Å²) >= 11 is 0. The Kier molecular flexibility index (Phi) is 3.81. The zero-order chi connectivity index (χ0) is 15.0. The van der Waals surface area contributed by atoms with Crippen LogP contribution in [0.3, 0.4) is 0 Å². The first kappa shape index (κ1) is 14.3. The van der Waals surface area contributed by atoms with Crippen molar-refractivity contribution < 1.29 is 9.59 Å². The molecule has 4 heteroatoms. The SMILES string of the molecule is Cc1ccc2c(c1)C(=O)C(=O)N2CCC1CCCCN1C. The number of nitrogens with zero attached hydrogens (tertiary/aromatic N) is 2. The monoisotopic (exact) mass is 286 g/mol. The normalized spacial score (nSPS) is 22.8. The average Bonchev–Trinajstić information content (AvgIpc) is 2.71. The van der Waals surface area contributed by atoms with Gasteiger partial charge in [-0.3, -0.25) is 9.59 Å². The molecule has 2 aliphatic heterocycles. The lowest BCUT2D eigenvalue weighted by Crippen LogP contribution is -2.40. The molecule has 0 N–H and O–H groups in total. The molecule has 1 aromatic carbocycles. The summed E-state index contributed by atoms with van der Waals surface area (Å²) in [6, 6.07) is 6.21.